The van der Waals surface area contributed by atoms with Crippen LogP contribution in [0.2, 0.25) is 5.02 Å². The average molecular weight is 468 g/mol. The molecular formula is C25H30ClN5O2. The number of piperazine rings is 1. The molecule has 7 nitrogen and oxygen atoms in total. The molecule has 0 spiro atoms. The Labute approximate surface area is 199 Å². The van der Waals surface area contributed by atoms with Crippen LogP contribution in [0.4, 0.5) is 11.4 Å². The molecule has 2 saturated heterocycles. The highest BCUT2D eigenvalue weighted by molar-refractivity contribution is 6.30. The van der Waals surface area contributed by atoms with Crippen LogP contribution < -0.4 is 10.2 Å². The van der Waals surface area contributed by atoms with E-state index in [0.717, 1.165) is 68.8 Å². The Bertz CT molecular complexity index is 1050. The maximum Gasteiger partial charge on any atom is 0.256 e. The molecule has 1 N–H and O–H groups in total. The summed E-state index contributed by atoms with van der Waals surface area (Å²) in [5.74, 6) is 0.225. The zero-order valence-electron chi connectivity index (χ0n) is 19.0. The number of nitrogens with zero attached hydrogens (tertiary/aromatic N) is 4. The van der Waals surface area contributed by atoms with E-state index >= 15 is 0 Å². The Morgan fingerprint density at radius 1 is 1.06 bits per heavy atom. The van der Waals surface area contributed by atoms with Gasteiger partial charge in [0, 0.05) is 56.7 Å². The number of nitrogens with one attached hydrogen (secondary N) is 1. The summed E-state index contributed by atoms with van der Waals surface area (Å²) in [6.07, 6.45) is 7.56. The fourth-order valence-corrected chi connectivity index (χ4v) is 5.00. The van der Waals surface area contributed by atoms with Crippen molar-refractivity contribution in [1.29, 1.82) is 0 Å². The maximum absolute atomic E-state index is 13.9. The number of carbonyl (C=O) groups excluding carboxylic acids is 2. The van der Waals surface area contributed by atoms with E-state index < -0.39 is 0 Å². The molecule has 3 fully saturated rings. The lowest BCUT2D eigenvalue weighted by Crippen LogP contribution is -2.49. The van der Waals surface area contributed by atoms with Gasteiger partial charge in [0.1, 0.15) is 0 Å². The summed E-state index contributed by atoms with van der Waals surface area (Å²) < 4.78 is 0. The first-order chi connectivity index (χ1) is 16.0. The van der Waals surface area contributed by atoms with Crippen LogP contribution >= 0.6 is 11.6 Å². The molecule has 2 aromatic rings. The third-order valence-electron chi connectivity index (χ3n) is 6.85. The number of carbonyl (C=O) groups is 2. The minimum atomic E-state index is -0.122. The Kier molecular flexibility index (Phi) is 6.25. The molecule has 5 rings (SSSR count). The van der Waals surface area contributed by atoms with Crippen LogP contribution in [0.1, 0.15) is 47.6 Å². The highest BCUT2D eigenvalue weighted by atomic mass is 35.5. The number of amides is 2. The molecule has 1 atom stereocenters. The molecule has 1 aromatic carbocycles. The smallest absolute Gasteiger partial charge is 0.256 e. The first-order valence-corrected chi connectivity index (χ1v) is 12.2. The molecule has 0 bridgehead atoms. The van der Waals surface area contributed by atoms with Gasteiger partial charge >= 0.3 is 0 Å². The molecule has 1 aliphatic carbocycles. The van der Waals surface area contributed by atoms with Gasteiger partial charge in [0.25, 0.3) is 5.91 Å². The van der Waals surface area contributed by atoms with E-state index in [1.165, 1.54) is 0 Å². The van der Waals surface area contributed by atoms with E-state index in [0.29, 0.717) is 17.1 Å². The Hall–Kier alpha value is -2.64. The van der Waals surface area contributed by atoms with Crippen molar-refractivity contribution in [2.75, 3.05) is 50.0 Å². The van der Waals surface area contributed by atoms with Gasteiger partial charge in [-0.05, 0) is 62.6 Å². The molecule has 1 saturated carbocycles. The third kappa shape index (κ3) is 4.84. The van der Waals surface area contributed by atoms with Crippen molar-refractivity contribution in [1.82, 2.24) is 14.8 Å². The fourth-order valence-electron chi connectivity index (χ4n) is 4.81. The number of aromatic nitrogens is 1. The Balaban J connectivity index is 1.47. The topological polar surface area (TPSA) is 68.8 Å². The Morgan fingerprint density at radius 2 is 1.85 bits per heavy atom. The molecule has 8 heteroatoms. The summed E-state index contributed by atoms with van der Waals surface area (Å²) >= 11 is 6.22. The molecule has 3 heterocycles. The van der Waals surface area contributed by atoms with Crippen molar-refractivity contribution < 1.29 is 9.59 Å². The van der Waals surface area contributed by atoms with Crippen LogP contribution in [0.3, 0.4) is 0 Å². The number of pyridine rings is 1. The Morgan fingerprint density at radius 3 is 2.58 bits per heavy atom. The maximum atomic E-state index is 13.9. The molecular weight excluding hydrogens is 438 g/mol. The normalized spacial score (nSPS) is 21.3. The number of benzene rings is 1. The van der Waals surface area contributed by atoms with Gasteiger partial charge in [-0.1, -0.05) is 11.6 Å². The van der Waals surface area contributed by atoms with Crippen LogP contribution in [0.25, 0.3) is 0 Å². The molecule has 3 aliphatic rings. The van der Waals surface area contributed by atoms with E-state index in [2.05, 4.69) is 27.1 Å². The van der Waals surface area contributed by atoms with Gasteiger partial charge in [-0.15, -0.1) is 0 Å². The molecule has 1 aromatic heterocycles. The van der Waals surface area contributed by atoms with Crippen molar-refractivity contribution in [3.63, 3.8) is 0 Å². The van der Waals surface area contributed by atoms with Gasteiger partial charge in [0.05, 0.1) is 22.3 Å². The fraction of sp³-hybridized carbons (Fsp3) is 0.480. The molecule has 33 heavy (non-hydrogen) atoms. The van der Waals surface area contributed by atoms with Crippen molar-refractivity contribution >= 4 is 34.8 Å². The number of hydrogen-bond acceptors (Lipinski definition) is 5. The van der Waals surface area contributed by atoms with Gasteiger partial charge in [0.2, 0.25) is 5.91 Å². The number of likely N-dealkylation sites (N-methyl/N-ethyl adjacent to an activating group) is 1. The molecule has 1 unspecified atom stereocenters. The summed E-state index contributed by atoms with van der Waals surface area (Å²) in [5, 5.41) is 3.61. The van der Waals surface area contributed by atoms with Crippen LogP contribution in [-0.2, 0) is 4.79 Å². The summed E-state index contributed by atoms with van der Waals surface area (Å²) in [6.45, 7) is 4.01. The van der Waals surface area contributed by atoms with Crippen molar-refractivity contribution in [2.24, 2.45) is 5.92 Å². The highest BCUT2D eigenvalue weighted by Crippen LogP contribution is 2.34. The van der Waals surface area contributed by atoms with Crippen LogP contribution in [0, 0.1) is 5.92 Å². The average Bonchev–Trinajstić information content (AvgIpc) is 3.53. The van der Waals surface area contributed by atoms with Crippen LogP contribution in [-0.4, -0.2) is 66.4 Å². The number of anilines is 2. The summed E-state index contributed by atoms with van der Waals surface area (Å²) in [6, 6.07) is 7.49. The van der Waals surface area contributed by atoms with Crippen molar-refractivity contribution in [3.8, 4) is 0 Å². The molecule has 2 aliphatic heterocycles. The van der Waals surface area contributed by atoms with E-state index in [9.17, 15) is 9.59 Å². The lowest BCUT2D eigenvalue weighted by atomic mass is 10.0. The van der Waals surface area contributed by atoms with Crippen LogP contribution in [0.15, 0.2) is 36.7 Å². The number of hydrogen-bond donors (Lipinski definition) is 1. The number of halogens is 1. The van der Waals surface area contributed by atoms with E-state index in [-0.39, 0.29) is 23.8 Å². The summed E-state index contributed by atoms with van der Waals surface area (Å²) in [5.41, 5.74) is 3.30. The van der Waals surface area contributed by atoms with Gasteiger partial charge in [-0.3, -0.25) is 14.6 Å². The lowest BCUT2D eigenvalue weighted by Gasteiger charge is -2.40. The minimum absolute atomic E-state index is 0.00930. The van der Waals surface area contributed by atoms with Crippen molar-refractivity contribution in [2.45, 2.75) is 31.7 Å². The zero-order chi connectivity index (χ0) is 22.9. The lowest BCUT2D eigenvalue weighted by molar-refractivity contribution is -0.117. The van der Waals surface area contributed by atoms with Gasteiger partial charge in [-0.25, -0.2) is 0 Å². The van der Waals surface area contributed by atoms with Crippen molar-refractivity contribution in [3.05, 3.63) is 52.8 Å². The first-order valence-electron chi connectivity index (χ1n) is 11.8. The molecule has 0 radical (unpaired) electrons. The standard InChI is InChI=1S/C25H30ClN5O2/c1-29-10-11-31(23(16-29)18-12-19(26)15-27-14-18)25(33)21-7-6-20(28-24(32)17-4-5-17)13-22(21)30-8-2-3-9-30/h6-7,12-15,17,23H,2-5,8-11,16H2,1H3,(H,28,32). The second-order valence-electron chi connectivity index (χ2n) is 9.40. The predicted octanol–water partition coefficient (Wildman–Crippen LogP) is 3.81. The quantitative estimate of drug-likeness (QED) is 0.724. The monoisotopic (exact) mass is 467 g/mol. The first kappa shape index (κ1) is 22.2. The third-order valence-corrected chi connectivity index (χ3v) is 7.05. The molecule has 174 valence electrons. The van der Waals surface area contributed by atoms with E-state index in [1.54, 1.807) is 12.4 Å². The van der Waals surface area contributed by atoms with Gasteiger partial charge in [0.15, 0.2) is 0 Å². The largest absolute Gasteiger partial charge is 0.371 e. The van der Waals surface area contributed by atoms with Gasteiger partial charge in [-0.2, -0.15) is 0 Å². The minimum Gasteiger partial charge on any atom is -0.371 e. The second kappa shape index (κ2) is 9.31. The van der Waals surface area contributed by atoms with E-state index in [4.69, 9.17) is 11.6 Å². The predicted molar refractivity (Wildman–Crippen MR) is 130 cm³/mol. The van der Waals surface area contributed by atoms with Gasteiger partial charge < -0.3 is 20.0 Å². The second-order valence-corrected chi connectivity index (χ2v) is 9.84. The zero-order valence-corrected chi connectivity index (χ0v) is 19.7. The molecule has 2 amide bonds. The summed E-state index contributed by atoms with van der Waals surface area (Å²) in [7, 11) is 2.07. The van der Waals surface area contributed by atoms with Crippen LogP contribution in [0.5, 0.6) is 0 Å². The van der Waals surface area contributed by atoms with E-state index in [1.807, 2.05) is 29.2 Å². The SMILES string of the molecule is CN1CCN(C(=O)c2ccc(NC(=O)C3CC3)cc2N2CCCC2)C(c2cncc(Cl)c2)C1. The highest BCUT2D eigenvalue weighted by Gasteiger charge is 2.34. The summed E-state index contributed by atoms with van der Waals surface area (Å²) in [4.78, 5) is 37.0. The number of rotatable bonds is 5.